The monoisotopic (exact) mass is 486 g/mol. The number of nitriles is 1. The fourth-order valence-electron chi connectivity index (χ4n) is 5.46. The molecule has 0 bridgehead atoms. The van der Waals surface area contributed by atoms with E-state index in [1.165, 1.54) is 60.8 Å². The number of hydrogen-bond acceptors (Lipinski definition) is 2. The quantitative estimate of drug-likeness (QED) is 0.150. The van der Waals surface area contributed by atoms with Gasteiger partial charge in [0.15, 0.2) is 0 Å². The Kier molecular flexibility index (Phi) is 6.18. The van der Waals surface area contributed by atoms with Crippen molar-refractivity contribution < 1.29 is 0 Å². The van der Waals surface area contributed by atoms with Gasteiger partial charge in [-0.2, -0.15) is 5.26 Å². The van der Waals surface area contributed by atoms with Crippen molar-refractivity contribution in [1.82, 2.24) is 0 Å². The number of allylic oxidation sites excluding steroid dienone is 3. The second kappa shape index (κ2) is 10.1. The molecule has 0 saturated carbocycles. The maximum Gasteiger partial charge on any atom is 0.0988 e. The molecule has 0 fully saturated rings. The fraction of sp³-hybridized carbons (Fsp3) is 0.0278. The standard InChI is InChI=1S/C36H26N2/c37-23-22-26(24-38)17-16-25-18-20-28(21-19-25)35-31-11-3-5-13-33(31)36(34-14-6-4-12-32(34)35)30-15-7-9-27-8-1-2-10-29(27)30/h1-15,17-23H,16,37H2/b23-22-,26-17+. The molecule has 0 unspecified atom stereocenters. The van der Waals surface area contributed by atoms with Crippen molar-refractivity contribution in [3.63, 3.8) is 0 Å². The van der Waals surface area contributed by atoms with Crippen molar-refractivity contribution in [2.24, 2.45) is 5.73 Å². The molecule has 6 aromatic carbocycles. The minimum Gasteiger partial charge on any atom is -0.405 e. The summed E-state index contributed by atoms with van der Waals surface area (Å²) in [6.07, 6.45) is 5.61. The van der Waals surface area contributed by atoms with Gasteiger partial charge in [0.1, 0.15) is 0 Å². The van der Waals surface area contributed by atoms with E-state index in [1.807, 2.05) is 6.08 Å². The Morgan fingerprint density at radius 1 is 0.632 bits per heavy atom. The smallest absolute Gasteiger partial charge is 0.0988 e. The average molecular weight is 487 g/mol. The Morgan fingerprint density at radius 3 is 1.79 bits per heavy atom. The van der Waals surface area contributed by atoms with Gasteiger partial charge in [0, 0.05) is 5.57 Å². The van der Waals surface area contributed by atoms with Crippen molar-refractivity contribution in [3.05, 3.63) is 145 Å². The van der Waals surface area contributed by atoms with Crippen LogP contribution in [-0.4, -0.2) is 0 Å². The van der Waals surface area contributed by atoms with Crippen LogP contribution in [0.3, 0.4) is 0 Å². The number of nitrogens with two attached hydrogens (primary N) is 1. The molecule has 0 aliphatic carbocycles. The summed E-state index contributed by atoms with van der Waals surface area (Å²) in [6, 6.07) is 43.5. The molecule has 180 valence electrons. The third-order valence-corrected chi connectivity index (χ3v) is 7.20. The Labute approximate surface area is 222 Å². The van der Waals surface area contributed by atoms with E-state index < -0.39 is 0 Å². The van der Waals surface area contributed by atoms with Gasteiger partial charge in [0.25, 0.3) is 0 Å². The van der Waals surface area contributed by atoms with Gasteiger partial charge in [-0.1, -0.05) is 121 Å². The van der Waals surface area contributed by atoms with Crippen LogP contribution < -0.4 is 5.73 Å². The first-order valence-corrected chi connectivity index (χ1v) is 12.8. The Bertz CT molecular complexity index is 1840. The van der Waals surface area contributed by atoms with E-state index in [1.54, 1.807) is 6.08 Å². The van der Waals surface area contributed by atoms with Gasteiger partial charge in [-0.25, -0.2) is 0 Å². The molecule has 0 aliphatic heterocycles. The Hall–Kier alpha value is -5.13. The number of fused-ring (bicyclic) bond motifs is 3. The topological polar surface area (TPSA) is 49.8 Å². The van der Waals surface area contributed by atoms with Crippen molar-refractivity contribution in [2.45, 2.75) is 6.42 Å². The average Bonchev–Trinajstić information content (AvgIpc) is 2.98. The molecular weight excluding hydrogens is 460 g/mol. The fourth-order valence-corrected chi connectivity index (χ4v) is 5.46. The van der Waals surface area contributed by atoms with Crippen molar-refractivity contribution >= 4 is 32.3 Å². The summed E-state index contributed by atoms with van der Waals surface area (Å²) >= 11 is 0. The molecule has 38 heavy (non-hydrogen) atoms. The zero-order chi connectivity index (χ0) is 25.9. The largest absolute Gasteiger partial charge is 0.405 e. The highest BCUT2D eigenvalue weighted by atomic mass is 14.5. The van der Waals surface area contributed by atoms with Crippen LogP contribution in [0.2, 0.25) is 0 Å². The minimum atomic E-state index is 0.567. The van der Waals surface area contributed by atoms with Crippen LogP contribution in [0.15, 0.2) is 139 Å². The first-order valence-electron chi connectivity index (χ1n) is 12.8. The molecule has 6 aromatic rings. The number of hydrogen-bond donors (Lipinski definition) is 1. The lowest BCUT2D eigenvalue weighted by molar-refractivity contribution is 1.25. The first kappa shape index (κ1) is 23.3. The molecular formula is C36H26N2. The summed E-state index contributed by atoms with van der Waals surface area (Å²) < 4.78 is 0. The molecule has 6 rings (SSSR count). The van der Waals surface area contributed by atoms with E-state index in [9.17, 15) is 5.26 Å². The molecule has 0 aliphatic rings. The zero-order valence-corrected chi connectivity index (χ0v) is 20.9. The van der Waals surface area contributed by atoms with Crippen LogP contribution in [-0.2, 0) is 6.42 Å². The summed E-state index contributed by atoms with van der Waals surface area (Å²) in [6.45, 7) is 0. The summed E-state index contributed by atoms with van der Waals surface area (Å²) in [4.78, 5) is 0. The predicted octanol–water partition coefficient (Wildman–Crippen LogP) is 8.95. The third-order valence-electron chi connectivity index (χ3n) is 7.20. The molecule has 2 nitrogen and oxygen atoms in total. The summed E-state index contributed by atoms with van der Waals surface area (Å²) in [5.74, 6) is 0. The summed E-state index contributed by atoms with van der Waals surface area (Å²) in [5.41, 5.74) is 12.1. The van der Waals surface area contributed by atoms with Gasteiger partial charge in [0.05, 0.1) is 6.07 Å². The lowest BCUT2D eigenvalue weighted by Gasteiger charge is -2.19. The van der Waals surface area contributed by atoms with Gasteiger partial charge in [-0.15, -0.1) is 0 Å². The first-order chi connectivity index (χ1) is 18.8. The summed E-state index contributed by atoms with van der Waals surface area (Å²) in [5, 5.41) is 16.7. The lowest BCUT2D eigenvalue weighted by Crippen LogP contribution is -1.92. The van der Waals surface area contributed by atoms with Gasteiger partial charge in [-0.05, 0) is 78.8 Å². The Morgan fingerprint density at radius 2 is 1.18 bits per heavy atom. The highest BCUT2D eigenvalue weighted by molar-refractivity contribution is 6.23. The molecule has 0 spiro atoms. The maximum absolute atomic E-state index is 9.27. The van der Waals surface area contributed by atoms with E-state index >= 15 is 0 Å². The molecule has 0 heterocycles. The molecule has 0 saturated heterocycles. The van der Waals surface area contributed by atoms with Gasteiger partial charge >= 0.3 is 0 Å². The van der Waals surface area contributed by atoms with Gasteiger partial charge in [0.2, 0.25) is 0 Å². The van der Waals surface area contributed by atoms with Gasteiger partial charge in [-0.3, -0.25) is 0 Å². The third kappa shape index (κ3) is 4.11. The van der Waals surface area contributed by atoms with Crippen LogP contribution in [0.5, 0.6) is 0 Å². The van der Waals surface area contributed by atoms with E-state index in [-0.39, 0.29) is 0 Å². The molecule has 0 amide bonds. The second-order valence-electron chi connectivity index (χ2n) is 9.40. The minimum absolute atomic E-state index is 0.567. The van der Waals surface area contributed by atoms with Crippen molar-refractivity contribution in [3.8, 4) is 28.3 Å². The van der Waals surface area contributed by atoms with E-state index in [2.05, 4.69) is 121 Å². The van der Waals surface area contributed by atoms with Gasteiger partial charge < -0.3 is 5.73 Å². The lowest BCUT2D eigenvalue weighted by atomic mass is 9.84. The number of benzene rings is 6. The van der Waals surface area contributed by atoms with E-state index in [0.717, 1.165) is 5.56 Å². The maximum atomic E-state index is 9.27. The van der Waals surface area contributed by atoms with Crippen molar-refractivity contribution in [1.29, 1.82) is 5.26 Å². The normalized spacial score (nSPS) is 11.9. The van der Waals surface area contributed by atoms with Crippen LogP contribution in [0.25, 0.3) is 54.6 Å². The highest BCUT2D eigenvalue weighted by Crippen LogP contribution is 2.45. The van der Waals surface area contributed by atoms with E-state index in [0.29, 0.717) is 12.0 Å². The molecule has 2 N–H and O–H groups in total. The molecule has 0 radical (unpaired) electrons. The van der Waals surface area contributed by atoms with Crippen LogP contribution in [0.4, 0.5) is 0 Å². The zero-order valence-electron chi connectivity index (χ0n) is 20.9. The molecule has 0 aromatic heterocycles. The Balaban J connectivity index is 1.57. The van der Waals surface area contributed by atoms with Crippen LogP contribution in [0, 0.1) is 11.3 Å². The number of rotatable bonds is 5. The van der Waals surface area contributed by atoms with Crippen molar-refractivity contribution in [2.75, 3.05) is 0 Å². The van der Waals surface area contributed by atoms with E-state index in [4.69, 9.17) is 5.73 Å². The second-order valence-corrected chi connectivity index (χ2v) is 9.40. The highest BCUT2D eigenvalue weighted by Gasteiger charge is 2.17. The SMILES string of the molecule is N#CC(/C=C\N)=C/Cc1ccc(-c2c3ccccc3c(-c3cccc4ccccc34)c3ccccc23)cc1. The molecule has 2 heteroatoms. The predicted molar refractivity (Wildman–Crippen MR) is 161 cm³/mol. The van der Waals surface area contributed by atoms with Crippen LogP contribution >= 0.6 is 0 Å². The number of nitrogens with zero attached hydrogens (tertiary/aromatic N) is 1. The molecule has 0 atom stereocenters. The summed E-state index contributed by atoms with van der Waals surface area (Å²) in [7, 11) is 0. The van der Waals surface area contributed by atoms with Crippen LogP contribution in [0.1, 0.15) is 5.56 Å².